The monoisotopic (exact) mass is 291 g/mol. The molecular weight excluding hydrogens is 262 g/mol. The first-order chi connectivity index (χ1) is 9.94. The Bertz CT molecular complexity index is 443. The molecule has 2 rings (SSSR count). The topological polar surface area (TPSA) is 30.5 Å². The normalized spacial score (nSPS) is 20.9. The molecule has 0 spiro atoms. The van der Waals surface area contributed by atoms with E-state index in [1.54, 1.807) is 0 Å². The van der Waals surface area contributed by atoms with Crippen molar-refractivity contribution < 1.29 is 9.47 Å². The summed E-state index contributed by atoms with van der Waals surface area (Å²) in [6, 6.07) is 8.33. The van der Waals surface area contributed by atoms with Crippen LogP contribution in [0.15, 0.2) is 24.3 Å². The molecule has 0 saturated carbocycles. The maximum absolute atomic E-state index is 5.95. The van der Waals surface area contributed by atoms with Crippen LogP contribution in [0.25, 0.3) is 0 Å². The summed E-state index contributed by atoms with van der Waals surface area (Å²) in [7, 11) is 0. The number of ether oxygens (including phenoxy) is 2. The Morgan fingerprint density at radius 1 is 1.38 bits per heavy atom. The summed E-state index contributed by atoms with van der Waals surface area (Å²) in [4.78, 5) is 0. The highest BCUT2D eigenvalue weighted by Gasteiger charge is 2.31. The molecule has 0 amide bonds. The zero-order valence-electron chi connectivity index (χ0n) is 13.8. The molecule has 1 heterocycles. The van der Waals surface area contributed by atoms with Crippen LogP contribution in [0, 0.1) is 5.92 Å². The molecule has 1 N–H and O–H groups in total. The average Bonchev–Trinajstić information content (AvgIpc) is 2.76. The van der Waals surface area contributed by atoms with E-state index in [1.807, 2.05) is 6.07 Å². The molecule has 1 saturated heterocycles. The van der Waals surface area contributed by atoms with Gasteiger partial charge in [0, 0.05) is 6.54 Å². The number of hydrogen-bond acceptors (Lipinski definition) is 3. The summed E-state index contributed by atoms with van der Waals surface area (Å²) in [6.45, 7) is 11.3. The van der Waals surface area contributed by atoms with Crippen LogP contribution in [-0.4, -0.2) is 24.9 Å². The standard InChI is InChI=1S/C18H29NO2/c1-14(2)11-19-12-15-6-5-7-16(10-15)20-13-17-8-9-18(3,4)21-17/h5-7,10,14,17,19H,8-9,11-13H2,1-4H3. The summed E-state index contributed by atoms with van der Waals surface area (Å²) < 4.78 is 11.9. The van der Waals surface area contributed by atoms with E-state index < -0.39 is 0 Å². The first-order valence-electron chi connectivity index (χ1n) is 8.05. The van der Waals surface area contributed by atoms with Crippen molar-refractivity contribution in [3.63, 3.8) is 0 Å². The van der Waals surface area contributed by atoms with Crippen LogP contribution in [0.3, 0.4) is 0 Å². The Labute approximate surface area is 129 Å². The SMILES string of the molecule is CC(C)CNCc1cccc(OCC2CCC(C)(C)O2)c1. The number of hydrogen-bond donors (Lipinski definition) is 1. The maximum Gasteiger partial charge on any atom is 0.119 e. The highest BCUT2D eigenvalue weighted by atomic mass is 16.6. The fourth-order valence-corrected chi connectivity index (χ4v) is 2.63. The van der Waals surface area contributed by atoms with Crippen molar-refractivity contribution in [3.05, 3.63) is 29.8 Å². The highest BCUT2D eigenvalue weighted by molar-refractivity contribution is 5.28. The molecule has 21 heavy (non-hydrogen) atoms. The highest BCUT2D eigenvalue weighted by Crippen LogP contribution is 2.29. The molecule has 3 heteroatoms. The first-order valence-corrected chi connectivity index (χ1v) is 8.05. The van der Waals surface area contributed by atoms with Crippen LogP contribution >= 0.6 is 0 Å². The van der Waals surface area contributed by atoms with Crippen molar-refractivity contribution in [2.45, 2.75) is 58.8 Å². The Balaban J connectivity index is 1.78. The lowest BCUT2D eigenvalue weighted by atomic mass is 10.1. The molecule has 0 aliphatic carbocycles. The van der Waals surface area contributed by atoms with E-state index in [9.17, 15) is 0 Å². The maximum atomic E-state index is 5.95. The van der Waals surface area contributed by atoms with Gasteiger partial charge < -0.3 is 14.8 Å². The predicted molar refractivity (Wildman–Crippen MR) is 86.7 cm³/mol. The summed E-state index contributed by atoms with van der Waals surface area (Å²) in [5.41, 5.74) is 1.28. The molecule has 1 unspecified atom stereocenters. The van der Waals surface area contributed by atoms with Crippen LogP contribution in [0.1, 0.15) is 46.1 Å². The van der Waals surface area contributed by atoms with Crippen molar-refractivity contribution in [1.82, 2.24) is 5.32 Å². The van der Waals surface area contributed by atoms with E-state index in [1.165, 1.54) is 5.56 Å². The van der Waals surface area contributed by atoms with Crippen molar-refractivity contribution in [3.8, 4) is 5.75 Å². The average molecular weight is 291 g/mol. The predicted octanol–water partition coefficient (Wildman–Crippen LogP) is 3.77. The van der Waals surface area contributed by atoms with E-state index >= 15 is 0 Å². The Kier molecular flexibility index (Phi) is 5.65. The van der Waals surface area contributed by atoms with E-state index in [2.05, 4.69) is 51.2 Å². The van der Waals surface area contributed by atoms with Gasteiger partial charge in [-0.3, -0.25) is 0 Å². The third kappa shape index (κ3) is 5.68. The quantitative estimate of drug-likeness (QED) is 0.829. The first kappa shape index (κ1) is 16.3. The van der Waals surface area contributed by atoms with Crippen molar-refractivity contribution in [2.24, 2.45) is 5.92 Å². The number of nitrogens with one attached hydrogen (secondary N) is 1. The van der Waals surface area contributed by atoms with Gasteiger partial charge in [-0.15, -0.1) is 0 Å². The van der Waals surface area contributed by atoms with Gasteiger partial charge in [-0.05, 0) is 56.8 Å². The van der Waals surface area contributed by atoms with Crippen LogP contribution in [0.2, 0.25) is 0 Å². The van der Waals surface area contributed by atoms with Gasteiger partial charge in [-0.1, -0.05) is 26.0 Å². The molecule has 0 bridgehead atoms. The Morgan fingerprint density at radius 2 is 2.19 bits per heavy atom. The molecule has 1 aromatic rings. The van der Waals surface area contributed by atoms with Gasteiger partial charge in [-0.2, -0.15) is 0 Å². The number of benzene rings is 1. The van der Waals surface area contributed by atoms with E-state index in [0.29, 0.717) is 12.5 Å². The molecule has 1 atom stereocenters. The third-order valence-corrected chi connectivity index (χ3v) is 3.77. The molecule has 1 fully saturated rings. The lowest BCUT2D eigenvalue weighted by molar-refractivity contribution is -0.0326. The van der Waals surface area contributed by atoms with Gasteiger partial charge in [0.25, 0.3) is 0 Å². The lowest BCUT2D eigenvalue weighted by Gasteiger charge is -2.19. The van der Waals surface area contributed by atoms with Crippen LogP contribution < -0.4 is 10.1 Å². The minimum atomic E-state index is 0.0106. The van der Waals surface area contributed by atoms with Gasteiger partial charge in [-0.25, -0.2) is 0 Å². The molecule has 118 valence electrons. The minimum Gasteiger partial charge on any atom is -0.491 e. The summed E-state index contributed by atoms with van der Waals surface area (Å²) >= 11 is 0. The van der Waals surface area contributed by atoms with Gasteiger partial charge in [0.2, 0.25) is 0 Å². The van der Waals surface area contributed by atoms with Crippen molar-refractivity contribution >= 4 is 0 Å². The molecule has 1 aliphatic heterocycles. The van der Waals surface area contributed by atoms with Crippen LogP contribution in [-0.2, 0) is 11.3 Å². The molecule has 1 aromatic carbocycles. The summed E-state index contributed by atoms with van der Waals surface area (Å²) in [6.07, 6.45) is 2.42. The van der Waals surface area contributed by atoms with E-state index in [-0.39, 0.29) is 11.7 Å². The van der Waals surface area contributed by atoms with Gasteiger partial charge >= 0.3 is 0 Å². The molecule has 0 aromatic heterocycles. The number of rotatable bonds is 7. The van der Waals surface area contributed by atoms with E-state index in [4.69, 9.17) is 9.47 Å². The molecule has 3 nitrogen and oxygen atoms in total. The largest absolute Gasteiger partial charge is 0.491 e. The van der Waals surface area contributed by atoms with Gasteiger partial charge in [0.1, 0.15) is 12.4 Å². The lowest BCUT2D eigenvalue weighted by Crippen LogP contribution is -2.24. The van der Waals surface area contributed by atoms with Gasteiger partial charge in [0.05, 0.1) is 11.7 Å². The molecular formula is C18H29NO2. The van der Waals surface area contributed by atoms with Gasteiger partial charge in [0.15, 0.2) is 0 Å². The fourth-order valence-electron chi connectivity index (χ4n) is 2.63. The minimum absolute atomic E-state index is 0.0106. The third-order valence-electron chi connectivity index (χ3n) is 3.77. The van der Waals surface area contributed by atoms with E-state index in [0.717, 1.165) is 31.7 Å². The summed E-state index contributed by atoms with van der Waals surface area (Å²) in [5.74, 6) is 1.61. The fraction of sp³-hybridized carbons (Fsp3) is 0.667. The second kappa shape index (κ2) is 7.28. The Morgan fingerprint density at radius 3 is 2.86 bits per heavy atom. The smallest absolute Gasteiger partial charge is 0.119 e. The summed E-state index contributed by atoms with van der Waals surface area (Å²) in [5, 5.41) is 3.46. The zero-order valence-corrected chi connectivity index (χ0v) is 13.8. The Hall–Kier alpha value is -1.06. The molecule has 0 radical (unpaired) electrons. The molecule has 1 aliphatic rings. The van der Waals surface area contributed by atoms with Crippen molar-refractivity contribution in [1.29, 1.82) is 0 Å². The second-order valence-electron chi connectivity index (χ2n) is 7.02. The van der Waals surface area contributed by atoms with Crippen LogP contribution in [0.5, 0.6) is 5.75 Å². The van der Waals surface area contributed by atoms with Crippen LogP contribution in [0.4, 0.5) is 0 Å². The second-order valence-corrected chi connectivity index (χ2v) is 7.02. The van der Waals surface area contributed by atoms with Crippen molar-refractivity contribution in [2.75, 3.05) is 13.2 Å². The zero-order chi connectivity index (χ0) is 15.3.